The SMILES string of the molecule is O=C(C=Cc1ccc(C=C(C(=O)NC2CC2)c2ccc3c(c2)OCO3)cc1)NCCCCCC(=O)NO. The van der Waals surface area contributed by atoms with Crippen molar-refractivity contribution >= 4 is 35.4 Å². The molecule has 4 rings (SSSR count). The number of carbonyl (C=O) groups is 3. The average Bonchev–Trinajstić information content (AvgIpc) is 3.60. The van der Waals surface area contributed by atoms with Gasteiger partial charge in [-0.3, -0.25) is 19.6 Å². The molecule has 4 N–H and O–H groups in total. The summed E-state index contributed by atoms with van der Waals surface area (Å²) >= 11 is 0. The van der Waals surface area contributed by atoms with E-state index in [9.17, 15) is 14.4 Å². The van der Waals surface area contributed by atoms with Crippen molar-refractivity contribution in [3.05, 3.63) is 65.2 Å². The Morgan fingerprint density at radius 3 is 2.46 bits per heavy atom. The Kier molecular flexibility index (Phi) is 8.93. The number of ether oxygens (including phenoxy) is 2. The fraction of sp³-hybridized carbons (Fsp3) is 0.321. The molecule has 194 valence electrons. The van der Waals surface area contributed by atoms with Crippen LogP contribution in [0.15, 0.2) is 48.5 Å². The molecule has 9 heteroatoms. The number of rotatable bonds is 12. The molecule has 0 aromatic heterocycles. The van der Waals surface area contributed by atoms with Crippen LogP contribution in [-0.4, -0.2) is 42.3 Å². The van der Waals surface area contributed by atoms with Crippen molar-refractivity contribution in [1.82, 2.24) is 16.1 Å². The number of amides is 3. The number of hydrogen-bond acceptors (Lipinski definition) is 6. The van der Waals surface area contributed by atoms with E-state index in [-0.39, 0.29) is 31.1 Å². The van der Waals surface area contributed by atoms with Gasteiger partial charge in [-0.25, -0.2) is 5.48 Å². The summed E-state index contributed by atoms with van der Waals surface area (Å²) in [6.07, 6.45) is 9.49. The van der Waals surface area contributed by atoms with Gasteiger partial charge in [-0.1, -0.05) is 36.8 Å². The summed E-state index contributed by atoms with van der Waals surface area (Å²) in [4.78, 5) is 36.0. The number of benzene rings is 2. The highest BCUT2D eigenvalue weighted by molar-refractivity contribution is 6.24. The molecule has 0 atom stereocenters. The number of hydrogen-bond donors (Lipinski definition) is 4. The summed E-state index contributed by atoms with van der Waals surface area (Å²) in [5.74, 6) is 0.560. The summed E-state index contributed by atoms with van der Waals surface area (Å²) in [5, 5.41) is 14.3. The average molecular weight is 506 g/mol. The van der Waals surface area contributed by atoms with Crippen molar-refractivity contribution in [2.75, 3.05) is 13.3 Å². The molecule has 0 bridgehead atoms. The maximum Gasteiger partial charge on any atom is 0.252 e. The molecule has 1 fully saturated rings. The zero-order valence-electron chi connectivity index (χ0n) is 20.5. The van der Waals surface area contributed by atoms with Crippen LogP contribution in [0.2, 0.25) is 0 Å². The minimum atomic E-state index is -0.404. The van der Waals surface area contributed by atoms with Crippen molar-refractivity contribution in [3.63, 3.8) is 0 Å². The molecular formula is C28H31N3O6. The van der Waals surface area contributed by atoms with Crippen molar-refractivity contribution in [2.45, 2.75) is 44.6 Å². The van der Waals surface area contributed by atoms with Gasteiger partial charge in [0.25, 0.3) is 5.91 Å². The maximum atomic E-state index is 13.0. The lowest BCUT2D eigenvalue weighted by molar-refractivity contribution is -0.129. The van der Waals surface area contributed by atoms with Gasteiger partial charge in [0, 0.05) is 30.7 Å². The second kappa shape index (κ2) is 12.7. The smallest absolute Gasteiger partial charge is 0.252 e. The first-order valence-electron chi connectivity index (χ1n) is 12.4. The van der Waals surface area contributed by atoms with Gasteiger partial charge in [-0.15, -0.1) is 0 Å². The van der Waals surface area contributed by atoms with Crippen LogP contribution in [0, 0.1) is 0 Å². The highest BCUT2D eigenvalue weighted by Gasteiger charge is 2.26. The van der Waals surface area contributed by atoms with E-state index in [2.05, 4.69) is 10.6 Å². The molecule has 0 saturated heterocycles. The Morgan fingerprint density at radius 1 is 0.946 bits per heavy atom. The summed E-state index contributed by atoms with van der Waals surface area (Å²) in [6.45, 7) is 0.684. The molecule has 37 heavy (non-hydrogen) atoms. The molecule has 1 heterocycles. The third kappa shape index (κ3) is 7.94. The quantitative estimate of drug-likeness (QED) is 0.115. The van der Waals surface area contributed by atoms with Gasteiger partial charge >= 0.3 is 0 Å². The van der Waals surface area contributed by atoms with Crippen LogP contribution >= 0.6 is 0 Å². The van der Waals surface area contributed by atoms with Crippen LogP contribution < -0.4 is 25.6 Å². The van der Waals surface area contributed by atoms with E-state index < -0.39 is 5.91 Å². The van der Waals surface area contributed by atoms with E-state index in [0.717, 1.165) is 42.4 Å². The molecule has 2 aromatic carbocycles. The summed E-state index contributed by atoms with van der Waals surface area (Å²) < 4.78 is 10.9. The number of fused-ring (bicyclic) bond motifs is 1. The van der Waals surface area contributed by atoms with Crippen LogP contribution in [0.25, 0.3) is 17.7 Å². The Morgan fingerprint density at radius 2 is 1.70 bits per heavy atom. The molecule has 3 amide bonds. The summed E-state index contributed by atoms with van der Waals surface area (Å²) in [6, 6.07) is 13.3. The van der Waals surface area contributed by atoms with Crippen molar-refractivity contribution in [1.29, 1.82) is 0 Å². The number of unbranched alkanes of at least 4 members (excludes halogenated alkanes) is 2. The molecule has 1 aliphatic carbocycles. The topological polar surface area (TPSA) is 126 Å². The number of hydroxylamine groups is 1. The Labute approximate surface area is 215 Å². The molecular weight excluding hydrogens is 474 g/mol. The number of nitrogens with one attached hydrogen (secondary N) is 3. The summed E-state index contributed by atoms with van der Waals surface area (Å²) in [5.41, 5.74) is 4.61. The van der Waals surface area contributed by atoms with Crippen LogP contribution in [0.4, 0.5) is 0 Å². The molecule has 1 saturated carbocycles. The molecule has 0 spiro atoms. The first-order chi connectivity index (χ1) is 18.0. The van der Waals surface area contributed by atoms with Crippen LogP contribution in [0.3, 0.4) is 0 Å². The van der Waals surface area contributed by atoms with Crippen LogP contribution in [0.1, 0.15) is 55.2 Å². The normalized spacial score (nSPS) is 14.5. The second-order valence-corrected chi connectivity index (χ2v) is 9.01. The largest absolute Gasteiger partial charge is 0.454 e. The third-order valence-electron chi connectivity index (χ3n) is 6.02. The standard InChI is InChI=1S/C28H31N3O6/c32-26(29-15-3-1-2-4-27(33)31-35)14-9-19-5-7-20(8-6-19)16-23(28(34)30-22-11-12-22)21-10-13-24-25(17-21)37-18-36-24/h5-10,13-14,16-17,22,35H,1-4,11-12,15,18H2,(H,29,32)(H,30,34)(H,31,33). The fourth-order valence-corrected chi connectivity index (χ4v) is 3.79. The first-order valence-corrected chi connectivity index (χ1v) is 12.4. The first kappa shape index (κ1) is 26.0. The highest BCUT2D eigenvalue weighted by atomic mass is 16.7. The van der Waals surface area contributed by atoms with E-state index in [0.29, 0.717) is 30.0 Å². The molecule has 1 aliphatic heterocycles. The predicted molar refractivity (Wildman–Crippen MR) is 138 cm³/mol. The van der Waals surface area contributed by atoms with Crippen LogP contribution in [0.5, 0.6) is 11.5 Å². The Hall–Kier alpha value is -4.11. The van der Waals surface area contributed by atoms with Crippen molar-refractivity contribution in [2.24, 2.45) is 0 Å². The number of carbonyl (C=O) groups excluding carboxylic acids is 3. The zero-order chi connectivity index (χ0) is 26.0. The fourth-order valence-electron chi connectivity index (χ4n) is 3.79. The van der Waals surface area contributed by atoms with E-state index >= 15 is 0 Å². The Bertz CT molecular complexity index is 1180. The van der Waals surface area contributed by atoms with Gasteiger partial charge in [-0.2, -0.15) is 0 Å². The molecule has 0 unspecified atom stereocenters. The minimum absolute atomic E-state index is 0.126. The predicted octanol–water partition coefficient (Wildman–Crippen LogP) is 3.43. The minimum Gasteiger partial charge on any atom is -0.454 e. The van der Waals surface area contributed by atoms with Gasteiger partial charge < -0.3 is 20.1 Å². The van der Waals surface area contributed by atoms with Crippen molar-refractivity contribution in [3.8, 4) is 11.5 Å². The monoisotopic (exact) mass is 505 g/mol. The summed E-state index contributed by atoms with van der Waals surface area (Å²) in [7, 11) is 0. The van der Waals surface area contributed by atoms with Gasteiger partial charge in [0.2, 0.25) is 18.6 Å². The zero-order valence-corrected chi connectivity index (χ0v) is 20.5. The molecule has 2 aromatic rings. The Balaban J connectivity index is 1.34. The van der Waals surface area contributed by atoms with E-state index in [1.165, 1.54) is 6.08 Å². The lowest BCUT2D eigenvalue weighted by atomic mass is 10.0. The molecule has 9 nitrogen and oxygen atoms in total. The van der Waals surface area contributed by atoms with Crippen molar-refractivity contribution < 1.29 is 29.1 Å². The van der Waals surface area contributed by atoms with Crippen LogP contribution in [-0.2, 0) is 14.4 Å². The lowest BCUT2D eigenvalue weighted by Gasteiger charge is -2.10. The van der Waals surface area contributed by atoms with Gasteiger partial charge in [0.15, 0.2) is 11.5 Å². The highest BCUT2D eigenvalue weighted by Crippen LogP contribution is 2.35. The van der Waals surface area contributed by atoms with E-state index in [1.54, 1.807) is 11.6 Å². The maximum absolute atomic E-state index is 13.0. The van der Waals surface area contributed by atoms with E-state index in [4.69, 9.17) is 14.7 Å². The lowest BCUT2D eigenvalue weighted by Crippen LogP contribution is -2.26. The molecule has 0 radical (unpaired) electrons. The van der Waals surface area contributed by atoms with E-state index in [1.807, 2.05) is 48.5 Å². The van der Waals surface area contributed by atoms with Gasteiger partial charge in [-0.05, 0) is 66.7 Å². The molecule has 2 aliphatic rings. The van der Waals surface area contributed by atoms with Gasteiger partial charge in [0.05, 0.1) is 0 Å². The second-order valence-electron chi connectivity index (χ2n) is 9.01. The third-order valence-corrected chi connectivity index (χ3v) is 6.02. The van der Waals surface area contributed by atoms with Gasteiger partial charge in [0.1, 0.15) is 0 Å².